The minimum Gasteiger partial charge on any atom is -0.507 e. The van der Waals surface area contributed by atoms with Crippen LogP contribution in [0.2, 0.25) is 0 Å². The van der Waals surface area contributed by atoms with E-state index in [0.29, 0.717) is 0 Å². The van der Waals surface area contributed by atoms with Gasteiger partial charge in [-0.15, -0.1) is 0 Å². The van der Waals surface area contributed by atoms with Gasteiger partial charge in [0.05, 0.1) is 28.0 Å². The maximum absolute atomic E-state index is 12.4. The van der Waals surface area contributed by atoms with Crippen molar-refractivity contribution >= 4 is 21.8 Å². The normalized spacial score (nSPS) is 12.8. The first-order chi connectivity index (χ1) is 26.2. The van der Waals surface area contributed by atoms with Crippen LogP contribution in [0.15, 0.2) is 103 Å². The maximum atomic E-state index is 12.4. The minimum atomic E-state index is -0.290. The second kappa shape index (κ2) is 14.1. The van der Waals surface area contributed by atoms with Crippen molar-refractivity contribution in [2.24, 2.45) is 0 Å². The third-order valence-corrected chi connectivity index (χ3v) is 11.3. The van der Waals surface area contributed by atoms with E-state index in [9.17, 15) is 5.11 Å². The molecule has 0 saturated heterocycles. The van der Waals surface area contributed by atoms with Gasteiger partial charge >= 0.3 is 0 Å². The number of benzene rings is 5. The predicted octanol–water partition coefficient (Wildman–Crippen LogP) is 14.4. The Hall–Kier alpha value is -5.22. The van der Waals surface area contributed by atoms with Gasteiger partial charge in [0.15, 0.2) is 0 Å². The van der Waals surface area contributed by atoms with E-state index in [1.807, 2.05) is 6.20 Å². The Kier molecular flexibility index (Phi) is 9.80. The summed E-state index contributed by atoms with van der Waals surface area (Å²) in [6, 6.07) is 35.1. The van der Waals surface area contributed by atoms with Crippen LogP contribution >= 0.6 is 0 Å². The molecule has 2 heterocycles. The van der Waals surface area contributed by atoms with Crippen molar-refractivity contribution in [2.45, 2.75) is 118 Å². The number of pyridine rings is 1. The molecular formula is C52H59N3O. The zero-order chi connectivity index (χ0) is 40.5. The van der Waals surface area contributed by atoms with E-state index in [0.717, 1.165) is 61.4 Å². The smallest absolute Gasteiger partial charge is 0.149 e. The molecule has 288 valence electrons. The summed E-state index contributed by atoms with van der Waals surface area (Å²) >= 11 is 0. The zero-order valence-electron chi connectivity index (χ0n) is 35.8. The average Bonchev–Trinajstić information content (AvgIpc) is 3.52. The van der Waals surface area contributed by atoms with E-state index >= 15 is 0 Å². The van der Waals surface area contributed by atoms with Gasteiger partial charge < -0.3 is 5.11 Å². The van der Waals surface area contributed by atoms with Crippen LogP contribution in [0.25, 0.3) is 61.3 Å². The van der Waals surface area contributed by atoms with Gasteiger partial charge in [0.1, 0.15) is 11.6 Å². The van der Waals surface area contributed by atoms with Gasteiger partial charge in [-0.05, 0) is 91.6 Å². The van der Waals surface area contributed by atoms with Gasteiger partial charge in [0.2, 0.25) is 0 Å². The SMILES string of the molecule is CC(C)c1cccc(C(C)C)c1-n1c(-c2cc(C(C)(C)C)cc(C(C)(C)C)c2O)nc2c(-c3cc(-c4cc5ccccc5cn4)cc(C(C)(C)C)c3)cccc21. The van der Waals surface area contributed by atoms with E-state index in [4.69, 9.17) is 9.97 Å². The standard InChI is InChI=1S/C52H59N3O/c1-31(2)39-20-16-21-40(32(3)4)47(39)55-45-23-17-22-41(46(45)54-49(55)42-28-38(51(8,9)10)29-43(48(42)56)52(11,12)13)35-24-36(26-37(25-35)50(5,6)7)44-27-33-18-14-15-19-34(33)30-53-44/h14-32,56H,1-13H3. The molecule has 0 amide bonds. The Morgan fingerprint density at radius 1 is 0.571 bits per heavy atom. The van der Waals surface area contributed by atoms with E-state index in [-0.39, 0.29) is 33.8 Å². The molecule has 7 aromatic rings. The second-order valence-electron chi connectivity index (χ2n) is 19.4. The second-order valence-corrected chi connectivity index (χ2v) is 19.4. The van der Waals surface area contributed by atoms with Crippen LogP contribution in [0.1, 0.15) is 130 Å². The van der Waals surface area contributed by atoms with Crippen LogP contribution in [0.5, 0.6) is 5.75 Å². The molecule has 4 heteroatoms. The average molecular weight is 742 g/mol. The Bertz CT molecular complexity index is 2570. The highest BCUT2D eigenvalue weighted by Gasteiger charge is 2.30. The maximum Gasteiger partial charge on any atom is 0.149 e. The summed E-state index contributed by atoms with van der Waals surface area (Å²) in [5.74, 6) is 1.56. The van der Waals surface area contributed by atoms with Crippen molar-refractivity contribution in [1.29, 1.82) is 0 Å². The number of nitrogens with zero attached hydrogens (tertiary/aromatic N) is 3. The molecule has 0 spiro atoms. The van der Waals surface area contributed by atoms with Crippen LogP contribution in [-0.2, 0) is 16.2 Å². The number of aromatic nitrogens is 3. The quantitative estimate of drug-likeness (QED) is 0.185. The topological polar surface area (TPSA) is 50.9 Å². The Morgan fingerprint density at radius 3 is 1.77 bits per heavy atom. The lowest BCUT2D eigenvalue weighted by atomic mass is 9.79. The molecule has 56 heavy (non-hydrogen) atoms. The van der Waals surface area contributed by atoms with Gasteiger partial charge in [0, 0.05) is 28.3 Å². The van der Waals surface area contributed by atoms with Crippen molar-refractivity contribution in [3.8, 4) is 45.2 Å². The summed E-state index contributed by atoms with van der Waals surface area (Å²) in [5.41, 5.74) is 13.3. The molecule has 2 aromatic heterocycles. The van der Waals surface area contributed by atoms with Crippen LogP contribution in [0.3, 0.4) is 0 Å². The van der Waals surface area contributed by atoms with Gasteiger partial charge in [0.25, 0.3) is 0 Å². The number of phenols is 1. The summed E-state index contributed by atoms with van der Waals surface area (Å²) in [4.78, 5) is 10.6. The largest absolute Gasteiger partial charge is 0.507 e. The van der Waals surface area contributed by atoms with Gasteiger partial charge in [-0.3, -0.25) is 9.55 Å². The Labute approximate surface area is 334 Å². The highest BCUT2D eigenvalue weighted by atomic mass is 16.3. The molecule has 5 aromatic carbocycles. The summed E-state index contributed by atoms with van der Waals surface area (Å²) in [6.07, 6.45) is 1.98. The summed E-state index contributed by atoms with van der Waals surface area (Å²) in [7, 11) is 0. The number of hydrogen-bond donors (Lipinski definition) is 1. The van der Waals surface area contributed by atoms with Crippen molar-refractivity contribution in [1.82, 2.24) is 14.5 Å². The molecule has 0 bridgehead atoms. The number of fused-ring (bicyclic) bond motifs is 2. The summed E-state index contributed by atoms with van der Waals surface area (Å²) < 4.78 is 2.36. The van der Waals surface area contributed by atoms with Crippen LogP contribution < -0.4 is 0 Å². The monoisotopic (exact) mass is 741 g/mol. The fourth-order valence-corrected chi connectivity index (χ4v) is 7.92. The molecule has 0 unspecified atom stereocenters. The highest BCUT2D eigenvalue weighted by Crippen LogP contribution is 2.46. The molecule has 0 atom stereocenters. The highest BCUT2D eigenvalue weighted by molar-refractivity contribution is 5.97. The molecule has 0 aliphatic rings. The van der Waals surface area contributed by atoms with Crippen molar-refractivity contribution in [3.05, 3.63) is 131 Å². The third kappa shape index (κ3) is 7.15. The van der Waals surface area contributed by atoms with Crippen LogP contribution in [-0.4, -0.2) is 19.6 Å². The van der Waals surface area contributed by atoms with Crippen LogP contribution in [0.4, 0.5) is 0 Å². The number of phenolic OH excluding ortho intramolecular Hbond substituents is 1. The molecule has 4 nitrogen and oxygen atoms in total. The third-order valence-electron chi connectivity index (χ3n) is 11.3. The molecule has 0 radical (unpaired) electrons. The van der Waals surface area contributed by atoms with E-state index in [1.54, 1.807) is 0 Å². The summed E-state index contributed by atoms with van der Waals surface area (Å²) in [5, 5.41) is 14.7. The fraction of sp³-hybridized carbons (Fsp3) is 0.346. The molecule has 7 rings (SSSR count). The van der Waals surface area contributed by atoms with Gasteiger partial charge in [-0.2, -0.15) is 0 Å². The lowest BCUT2D eigenvalue weighted by molar-refractivity contribution is 0.446. The van der Waals surface area contributed by atoms with E-state index < -0.39 is 0 Å². The van der Waals surface area contributed by atoms with Crippen molar-refractivity contribution in [3.63, 3.8) is 0 Å². The first kappa shape index (κ1) is 39.0. The molecule has 0 saturated carbocycles. The molecule has 0 aliphatic heterocycles. The fourth-order valence-electron chi connectivity index (χ4n) is 7.92. The summed E-state index contributed by atoms with van der Waals surface area (Å²) in [6.45, 7) is 29.1. The number of aromatic hydroxyl groups is 1. The molecule has 0 fully saturated rings. The van der Waals surface area contributed by atoms with Gasteiger partial charge in [-0.25, -0.2) is 4.98 Å². The van der Waals surface area contributed by atoms with Gasteiger partial charge in [-0.1, -0.05) is 157 Å². The van der Waals surface area contributed by atoms with E-state index in [1.165, 1.54) is 27.6 Å². The molecule has 0 aliphatic carbocycles. The lowest BCUT2D eigenvalue weighted by Crippen LogP contribution is -2.17. The number of imidazole rings is 1. The zero-order valence-corrected chi connectivity index (χ0v) is 35.8. The molecule has 1 N–H and O–H groups in total. The lowest BCUT2D eigenvalue weighted by Gasteiger charge is -2.28. The Morgan fingerprint density at radius 2 is 1.16 bits per heavy atom. The van der Waals surface area contributed by atoms with E-state index in [2.05, 4.69) is 192 Å². The van der Waals surface area contributed by atoms with Crippen molar-refractivity contribution in [2.75, 3.05) is 0 Å². The van der Waals surface area contributed by atoms with Crippen LogP contribution in [0, 0.1) is 0 Å². The molecular weight excluding hydrogens is 683 g/mol. The predicted molar refractivity (Wildman–Crippen MR) is 239 cm³/mol. The first-order valence-corrected chi connectivity index (χ1v) is 20.3. The number of para-hydroxylation sites is 2. The number of rotatable bonds is 6. The Balaban J connectivity index is 1.61. The first-order valence-electron chi connectivity index (χ1n) is 20.3. The van der Waals surface area contributed by atoms with Crippen molar-refractivity contribution < 1.29 is 5.11 Å². The minimum absolute atomic E-state index is 0.106. The number of hydrogen-bond acceptors (Lipinski definition) is 3.